The zero-order chi connectivity index (χ0) is 15.8. The Kier molecular flexibility index (Phi) is 8.66. The highest BCUT2D eigenvalue weighted by Crippen LogP contribution is 2.11. The molecule has 6 heteroatoms. The van der Waals surface area contributed by atoms with Crippen molar-refractivity contribution in [3.8, 4) is 0 Å². The average molecular weight is 340 g/mol. The van der Waals surface area contributed by atoms with Crippen LogP contribution >= 0.6 is 12.4 Å². The molecule has 2 N–H and O–H groups in total. The van der Waals surface area contributed by atoms with Gasteiger partial charge in [0.15, 0.2) is 0 Å². The van der Waals surface area contributed by atoms with Crippen LogP contribution in [0.5, 0.6) is 0 Å². The van der Waals surface area contributed by atoms with Crippen LogP contribution in [-0.4, -0.2) is 49.4 Å². The van der Waals surface area contributed by atoms with Gasteiger partial charge in [-0.2, -0.15) is 0 Å². The van der Waals surface area contributed by atoms with E-state index in [4.69, 9.17) is 0 Å². The molecule has 1 aromatic rings. The Morgan fingerprint density at radius 2 is 1.83 bits per heavy atom. The van der Waals surface area contributed by atoms with Crippen molar-refractivity contribution in [3.63, 3.8) is 0 Å². The molecule has 2 rings (SSSR count). The Morgan fingerprint density at radius 3 is 2.43 bits per heavy atom. The van der Waals surface area contributed by atoms with Crippen LogP contribution in [0.4, 0.5) is 0 Å². The van der Waals surface area contributed by atoms with Crippen molar-refractivity contribution in [2.45, 2.75) is 31.7 Å². The van der Waals surface area contributed by atoms with E-state index >= 15 is 0 Å². The second-order valence-corrected chi connectivity index (χ2v) is 5.67. The zero-order valence-electron chi connectivity index (χ0n) is 13.6. The van der Waals surface area contributed by atoms with Crippen LogP contribution in [0.15, 0.2) is 30.3 Å². The summed E-state index contributed by atoms with van der Waals surface area (Å²) in [7, 11) is 1.97. The second-order valence-electron chi connectivity index (χ2n) is 5.67. The SMILES string of the molecule is CNC1CCN(C(=O)CCCNC(=O)c2ccccc2)CC1.Cl. The Morgan fingerprint density at radius 1 is 1.17 bits per heavy atom. The normalized spacial score (nSPS) is 14.9. The molecule has 23 heavy (non-hydrogen) atoms. The molecule has 0 bridgehead atoms. The molecule has 0 radical (unpaired) electrons. The summed E-state index contributed by atoms with van der Waals surface area (Å²) in [5.41, 5.74) is 0.656. The number of benzene rings is 1. The molecule has 1 aliphatic heterocycles. The van der Waals surface area contributed by atoms with Gasteiger partial charge < -0.3 is 15.5 Å². The maximum Gasteiger partial charge on any atom is 0.251 e. The lowest BCUT2D eigenvalue weighted by Crippen LogP contribution is -2.44. The first-order valence-corrected chi connectivity index (χ1v) is 7.99. The van der Waals surface area contributed by atoms with E-state index in [0.717, 1.165) is 25.9 Å². The number of hydrogen-bond acceptors (Lipinski definition) is 3. The van der Waals surface area contributed by atoms with E-state index in [-0.39, 0.29) is 24.2 Å². The molecule has 1 saturated heterocycles. The lowest BCUT2D eigenvalue weighted by Gasteiger charge is -2.31. The Hall–Kier alpha value is -1.59. The second kappa shape index (κ2) is 10.2. The van der Waals surface area contributed by atoms with E-state index in [9.17, 15) is 9.59 Å². The van der Waals surface area contributed by atoms with Crippen LogP contribution in [0.25, 0.3) is 0 Å². The number of piperidine rings is 1. The van der Waals surface area contributed by atoms with Crippen LogP contribution in [0.1, 0.15) is 36.0 Å². The zero-order valence-corrected chi connectivity index (χ0v) is 14.4. The highest BCUT2D eigenvalue weighted by molar-refractivity contribution is 5.94. The lowest BCUT2D eigenvalue weighted by molar-refractivity contribution is -0.132. The summed E-state index contributed by atoms with van der Waals surface area (Å²) in [6.45, 7) is 2.20. The van der Waals surface area contributed by atoms with Crippen molar-refractivity contribution < 1.29 is 9.59 Å². The first kappa shape index (κ1) is 19.5. The smallest absolute Gasteiger partial charge is 0.251 e. The van der Waals surface area contributed by atoms with Crippen LogP contribution in [0.2, 0.25) is 0 Å². The molecule has 2 amide bonds. The fraction of sp³-hybridized carbons (Fsp3) is 0.529. The molecule has 1 aliphatic rings. The van der Waals surface area contributed by atoms with E-state index in [2.05, 4.69) is 10.6 Å². The fourth-order valence-electron chi connectivity index (χ4n) is 2.71. The van der Waals surface area contributed by atoms with E-state index in [1.165, 1.54) is 0 Å². The van der Waals surface area contributed by atoms with Gasteiger partial charge >= 0.3 is 0 Å². The minimum absolute atomic E-state index is 0. The minimum atomic E-state index is -0.0807. The number of nitrogens with one attached hydrogen (secondary N) is 2. The molecule has 0 saturated carbocycles. The van der Waals surface area contributed by atoms with Gasteiger partial charge in [0.2, 0.25) is 5.91 Å². The highest BCUT2D eigenvalue weighted by atomic mass is 35.5. The van der Waals surface area contributed by atoms with Crippen molar-refractivity contribution in [1.82, 2.24) is 15.5 Å². The maximum atomic E-state index is 12.1. The summed E-state index contributed by atoms with van der Waals surface area (Å²) in [5.74, 6) is 0.117. The molecular formula is C17H26ClN3O2. The van der Waals surface area contributed by atoms with Gasteiger partial charge in [0, 0.05) is 37.7 Å². The summed E-state index contributed by atoms with van der Waals surface area (Å²) in [4.78, 5) is 25.9. The third-order valence-electron chi connectivity index (χ3n) is 4.14. The van der Waals surface area contributed by atoms with Gasteiger partial charge in [-0.1, -0.05) is 18.2 Å². The van der Waals surface area contributed by atoms with Crippen LogP contribution in [0.3, 0.4) is 0 Å². The van der Waals surface area contributed by atoms with Crippen molar-refractivity contribution in [1.29, 1.82) is 0 Å². The minimum Gasteiger partial charge on any atom is -0.352 e. The first-order chi connectivity index (χ1) is 10.7. The van der Waals surface area contributed by atoms with E-state index in [1.54, 1.807) is 12.1 Å². The van der Waals surface area contributed by atoms with Gasteiger partial charge in [-0.15, -0.1) is 12.4 Å². The molecule has 0 aromatic heterocycles. The van der Waals surface area contributed by atoms with Crippen molar-refractivity contribution in [3.05, 3.63) is 35.9 Å². The Balaban J connectivity index is 0.00000264. The van der Waals surface area contributed by atoms with E-state index in [1.807, 2.05) is 30.1 Å². The fourth-order valence-corrected chi connectivity index (χ4v) is 2.71. The number of carbonyl (C=O) groups is 2. The number of rotatable bonds is 6. The molecule has 5 nitrogen and oxygen atoms in total. The monoisotopic (exact) mass is 339 g/mol. The quantitative estimate of drug-likeness (QED) is 0.777. The third kappa shape index (κ3) is 6.20. The summed E-state index contributed by atoms with van der Waals surface area (Å²) >= 11 is 0. The van der Waals surface area contributed by atoms with E-state index < -0.39 is 0 Å². The van der Waals surface area contributed by atoms with Gasteiger partial charge in [0.25, 0.3) is 5.91 Å². The molecule has 1 fully saturated rings. The maximum absolute atomic E-state index is 12.1. The topological polar surface area (TPSA) is 61.4 Å². The summed E-state index contributed by atoms with van der Waals surface area (Å²) in [6, 6.07) is 9.67. The lowest BCUT2D eigenvalue weighted by atomic mass is 10.0. The van der Waals surface area contributed by atoms with Crippen molar-refractivity contribution in [2.75, 3.05) is 26.7 Å². The Bertz CT molecular complexity index is 488. The van der Waals surface area contributed by atoms with Crippen LogP contribution in [0, 0.1) is 0 Å². The largest absolute Gasteiger partial charge is 0.352 e. The molecular weight excluding hydrogens is 314 g/mol. The molecule has 0 atom stereocenters. The number of likely N-dealkylation sites (tertiary alicyclic amines) is 1. The number of amides is 2. The number of hydrogen-bond donors (Lipinski definition) is 2. The third-order valence-corrected chi connectivity index (χ3v) is 4.14. The number of halogens is 1. The number of carbonyl (C=O) groups excluding carboxylic acids is 2. The standard InChI is InChI=1S/C17H25N3O2.ClH/c1-18-15-9-12-20(13-10-15)16(21)8-5-11-19-17(22)14-6-3-2-4-7-14;/h2-4,6-7,15,18H,5,8-13H2,1H3,(H,19,22);1H. The van der Waals surface area contributed by atoms with Crippen molar-refractivity contribution >= 4 is 24.2 Å². The van der Waals surface area contributed by atoms with Gasteiger partial charge in [0.1, 0.15) is 0 Å². The molecule has 0 aliphatic carbocycles. The van der Waals surface area contributed by atoms with Gasteiger partial charge in [0.05, 0.1) is 0 Å². The van der Waals surface area contributed by atoms with Crippen LogP contribution < -0.4 is 10.6 Å². The van der Waals surface area contributed by atoms with Crippen molar-refractivity contribution in [2.24, 2.45) is 0 Å². The summed E-state index contributed by atoms with van der Waals surface area (Å²) in [5, 5.41) is 6.11. The average Bonchev–Trinajstić information content (AvgIpc) is 2.59. The Labute approximate surface area is 144 Å². The molecule has 0 spiro atoms. The predicted octanol–water partition coefficient (Wildman–Crippen LogP) is 1.83. The van der Waals surface area contributed by atoms with Crippen LogP contribution in [-0.2, 0) is 4.79 Å². The predicted molar refractivity (Wildman–Crippen MR) is 93.9 cm³/mol. The molecule has 128 valence electrons. The van der Waals surface area contributed by atoms with E-state index in [0.29, 0.717) is 31.0 Å². The molecule has 1 aromatic carbocycles. The first-order valence-electron chi connectivity index (χ1n) is 7.99. The summed E-state index contributed by atoms with van der Waals surface area (Å²) < 4.78 is 0. The number of nitrogens with zero attached hydrogens (tertiary/aromatic N) is 1. The molecule has 0 unspecified atom stereocenters. The summed E-state index contributed by atoms with van der Waals surface area (Å²) in [6.07, 6.45) is 3.22. The highest BCUT2D eigenvalue weighted by Gasteiger charge is 2.21. The van der Waals surface area contributed by atoms with Gasteiger partial charge in [-0.25, -0.2) is 0 Å². The van der Waals surface area contributed by atoms with Gasteiger partial charge in [-0.05, 0) is 38.4 Å². The molecule has 1 heterocycles. The van der Waals surface area contributed by atoms with Gasteiger partial charge in [-0.3, -0.25) is 9.59 Å².